The van der Waals surface area contributed by atoms with Crippen LogP contribution in [-0.2, 0) is 10.2 Å². The highest BCUT2D eigenvalue weighted by Crippen LogP contribution is 2.37. The maximum Gasteiger partial charge on any atom is 0.234 e. The van der Waals surface area contributed by atoms with Gasteiger partial charge in [0.25, 0.3) is 0 Å². The van der Waals surface area contributed by atoms with E-state index >= 15 is 0 Å². The van der Waals surface area contributed by atoms with Crippen molar-refractivity contribution in [2.45, 2.75) is 44.9 Å². The number of para-hydroxylation sites is 1. The number of carbonyl (C=O) groups is 1. The standard InChI is InChI=1S/C17H20N2OS/c1-10-8-9-11(15(20)18-10)16-19-14-12(17(2,3)4)6-5-7-13(14)21-16/h5-7,11H,1,8-9H2,2-4H3,(H,18,20). The summed E-state index contributed by atoms with van der Waals surface area (Å²) < 4.78 is 1.16. The lowest BCUT2D eigenvalue weighted by atomic mass is 9.86. The van der Waals surface area contributed by atoms with Crippen LogP contribution in [0.4, 0.5) is 0 Å². The molecule has 1 N–H and O–H groups in total. The number of nitrogens with zero attached hydrogens (tertiary/aromatic N) is 1. The van der Waals surface area contributed by atoms with Gasteiger partial charge in [-0.05, 0) is 29.9 Å². The fraction of sp³-hybridized carbons (Fsp3) is 0.412. The Hall–Kier alpha value is -1.68. The topological polar surface area (TPSA) is 42.0 Å². The molecule has 1 atom stereocenters. The lowest BCUT2D eigenvalue weighted by molar-refractivity contribution is -0.122. The number of aromatic nitrogens is 1. The number of amides is 1. The second kappa shape index (κ2) is 4.95. The molecule has 4 heteroatoms. The Bertz CT molecular complexity index is 724. The van der Waals surface area contributed by atoms with Crippen molar-refractivity contribution >= 4 is 27.5 Å². The number of hydrogen-bond acceptors (Lipinski definition) is 3. The second-order valence-electron chi connectivity index (χ2n) is 6.64. The van der Waals surface area contributed by atoms with Crippen LogP contribution in [0.3, 0.4) is 0 Å². The second-order valence-corrected chi connectivity index (χ2v) is 7.70. The minimum atomic E-state index is -0.138. The zero-order valence-corrected chi connectivity index (χ0v) is 13.5. The van der Waals surface area contributed by atoms with E-state index in [-0.39, 0.29) is 17.2 Å². The molecule has 1 amide bonds. The first-order valence-corrected chi connectivity index (χ1v) is 8.06. The number of piperidine rings is 1. The Labute approximate surface area is 129 Å². The maximum atomic E-state index is 12.2. The number of hydrogen-bond donors (Lipinski definition) is 1. The fourth-order valence-electron chi connectivity index (χ4n) is 2.73. The van der Waals surface area contributed by atoms with Crippen molar-refractivity contribution < 1.29 is 4.79 Å². The summed E-state index contributed by atoms with van der Waals surface area (Å²) in [4.78, 5) is 17.0. The van der Waals surface area contributed by atoms with Crippen molar-refractivity contribution in [2.75, 3.05) is 0 Å². The molecule has 1 aliphatic rings. The van der Waals surface area contributed by atoms with Crippen LogP contribution in [-0.4, -0.2) is 10.9 Å². The highest BCUT2D eigenvalue weighted by Gasteiger charge is 2.29. The van der Waals surface area contributed by atoms with E-state index in [9.17, 15) is 4.79 Å². The number of allylic oxidation sites excluding steroid dienone is 1. The van der Waals surface area contributed by atoms with Crippen LogP contribution in [0.15, 0.2) is 30.5 Å². The first kappa shape index (κ1) is 14.3. The Morgan fingerprint density at radius 2 is 2.14 bits per heavy atom. The van der Waals surface area contributed by atoms with Gasteiger partial charge in [-0.15, -0.1) is 11.3 Å². The number of fused-ring (bicyclic) bond motifs is 1. The SMILES string of the molecule is C=C1CCC(c2nc3c(C(C)(C)C)cccc3s2)C(=O)N1. The third-order valence-corrected chi connectivity index (χ3v) is 5.03. The van der Waals surface area contributed by atoms with Gasteiger partial charge in [0.2, 0.25) is 5.91 Å². The summed E-state index contributed by atoms with van der Waals surface area (Å²) in [7, 11) is 0. The molecule has 1 aromatic heterocycles. The van der Waals surface area contributed by atoms with E-state index in [1.807, 2.05) is 0 Å². The minimum absolute atomic E-state index is 0.0302. The summed E-state index contributed by atoms with van der Waals surface area (Å²) in [5.41, 5.74) is 3.15. The molecule has 2 heterocycles. The van der Waals surface area contributed by atoms with Crippen LogP contribution in [0.2, 0.25) is 0 Å². The Morgan fingerprint density at radius 3 is 2.81 bits per heavy atom. The van der Waals surface area contributed by atoms with E-state index in [1.165, 1.54) is 5.56 Å². The average molecular weight is 300 g/mol. The van der Waals surface area contributed by atoms with Crippen LogP contribution in [0, 0.1) is 0 Å². The van der Waals surface area contributed by atoms with Gasteiger partial charge in [-0.3, -0.25) is 4.79 Å². The summed E-state index contributed by atoms with van der Waals surface area (Å²) in [6, 6.07) is 6.30. The van der Waals surface area contributed by atoms with Crippen LogP contribution in [0.25, 0.3) is 10.2 Å². The van der Waals surface area contributed by atoms with Crippen molar-refractivity contribution in [3.63, 3.8) is 0 Å². The summed E-state index contributed by atoms with van der Waals surface area (Å²) in [5.74, 6) is -0.108. The summed E-state index contributed by atoms with van der Waals surface area (Å²) in [6.07, 6.45) is 1.63. The lowest BCUT2D eigenvalue weighted by Crippen LogP contribution is -2.33. The third-order valence-electron chi connectivity index (χ3n) is 3.89. The van der Waals surface area contributed by atoms with Crippen molar-refractivity contribution in [1.82, 2.24) is 10.3 Å². The molecule has 3 nitrogen and oxygen atoms in total. The van der Waals surface area contributed by atoms with Crippen molar-refractivity contribution in [2.24, 2.45) is 0 Å². The molecule has 1 unspecified atom stereocenters. The van der Waals surface area contributed by atoms with Gasteiger partial charge in [-0.25, -0.2) is 4.98 Å². The Balaban J connectivity index is 2.06. The monoisotopic (exact) mass is 300 g/mol. The van der Waals surface area contributed by atoms with Gasteiger partial charge in [0.15, 0.2) is 0 Å². The Kier molecular flexibility index (Phi) is 3.36. The molecule has 1 saturated heterocycles. The van der Waals surface area contributed by atoms with Gasteiger partial charge in [-0.2, -0.15) is 0 Å². The largest absolute Gasteiger partial charge is 0.330 e. The van der Waals surface area contributed by atoms with E-state index in [0.717, 1.165) is 33.8 Å². The van der Waals surface area contributed by atoms with Crippen molar-refractivity contribution in [3.8, 4) is 0 Å². The van der Waals surface area contributed by atoms with Crippen molar-refractivity contribution in [1.29, 1.82) is 0 Å². The third kappa shape index (κ3) is 2.60. The van der Waals surface area contributed by atoms with Gasteiger partial charge in [0.05, 0.1) is 16.1 Å². The molecule has 21 heavy (non-hydrogen) atoms. The zero-order valence-electron chi connectivity index (χ0n) is 12.7. The van der Waals surface area contributed by atoms with Crippen LogP contribution >= 0.6 is 11.3 Å². The number of nitrogens with one attached hydrogen (secondary N) is 1. The molecule has 110 valence electrons. The van der Waals surface area contributed by atoms with Gasteiger partial charge in [0.1, 0.15) is 5.01 Å². The molecule has 0 radical (unpaired) electrons. The van der Waals surface area contributed by atoms with E-state index in [0.29, 0.717) is 0 Å². The lowest BCUT2D eigenvalue weighted by Gasteiger charge is -2.21. The smallest absolute Gasteiger partial charge is 0.234 e. The minimum Gasteiger partial charge on any atom is -0.330 e. The van der Waals surface area contributed by atoms with E-state index < -0.39 is 0 Å². The Morgan fingerprint density at radius 1 is 1.38 bits per heavy atom. The first-order valence-electron chi connectivity index (χ1n) is 7.25. The van der Waals surface area contributed by atoms with Crippen LogP contribution in [0.5, 0.6) is 0 Å². The van der Waals surface area contributed by atoms with E-state index in [4.69, 9.17) is 4.98 Å². The molecule has 1 aromatic carbocycles. The van der Waals surface area contributed by atoms with Crippen LogP contribution < -0.4 is 5.32 Å². The van der Waals surface area contributed by atoms with Crippen LogP contribution in [0.1, 0.15) is 50.1 Å². The van der Waals surface area contributed by atoms with E-state index in [2.05, 4.69) is 50.9 Å². The normalized spacial score (nSPS) is 19.9. The van der Waals surface area contributed by atoms with Gasteiger partial charge in [-0.1, -0.05) is 39.5 Å². The number of thiazole rings is 1. The molecule has 0 bridgehead atoms. The fourth-order valence-corrected chi connectivity index (χ4v) is 3.86. The quantitative estimate of drug-likeness (QED) is 0.861. The summed E-state index contributed by atoms with van der Waals surface area (Å²) in [6.45, 7) is 10.4. The molecular formula is C17H20N2OS. The van der Waals surface area contributed by atoms with Gasteiger partial charge >= 0.3 is 0 Å². The summed E-state index contributed by atoms with van der Waals surface area (Å²) in [5, 5.41) is 3.77. The number of benzene rings is 1. The van der Waals surface area contributed by atoms with Gasteiger partial charge < -0.3 is 5.32 Å². The number of rotatable bonds is 1. The maximum absolute atomic E-state index is 12.2. The zero-order chi connectivity index (χ0) is 15.2. The molecule has 0 saturated carbocycles. The van der Waals surface area contributed by atoms with Gasteiger partial charge in [0, 0.05) is 5.70 Å². The van der Waals surface area contributed by atoms with Crippen molar-refractivity contribution in [3.05, 3.63) is 41.0 Å². The molecule has 0 aliphatic carbocycles. The molecule has 1 fully saturated rings. The first-order chi connectivity index (χ1) is 9.86. The predicted molar refractivity (Wildman–Crippen MR) is 87.6 cm³/mol. The van der Waals surface area contributed by atoms with E-state index in [1.54, 1.807) is 11.3 Å². The summed E-state index contributed by atoms with van der Waals surface area (Å²) >= 11 is 1.64. The molecule has 0 spiro atoms. The molecule has 2 aromatic rings. The number of carbonyl (C=O) groups excluding carboxylic acids is 1. The highest BCUT2D eigenvalue weighted by molar-refractivity contribution is 7.18. The predicted octanol–water partition coefficient (Wildman–Crippen LogP) is 4.10. The highest BCUT2D eigenvalue weighted by atomic mass is 32.1. The molecule has 1 aliphatic heterocycles. The molecule has 3 rings (SSSR count). The molecular weight excluding hydrogens is 280 g/mol. The average Bonchev–Trinajstić information content (AvgIpc) is 2.80.